The van der Waals surface area contributed by atoms with Gasteiger partial charge >= 0.3 is 12.1 Å². The minimum Gasteiger partial charge on any atom is -0.422 e. The molecule has 0 radical (unpaired) electrons. The summed E-state index contributed by atoms with van der Waals surface area (Å²) in [4.78, 5) is 11.5. The Hall–Kier alpha value is -2.51. The van der Waals surface area contributed by atoms with Crippen LogP contribution in [0.5, 0.6) is 5.75 Å². The van der Waals surface area contributed by atoms with Crippen LogP contribution in [0.1, 0.15) is 16.1 Å². The average molecular weight is 272 g/mol. The summed E-state index contributed by atoms with van der Waals surface area (Å²) in [6.07, 6.45) is -4.51. The normalized spacial score (nSPS) is 11.3. The van der Waals surface area contributed by atoms with Crippen LogP contribution in [0.3, 0.4) is 0 Å². The first-order chi connectivity index (χ1) is 8.86. The van der Waals surface area contributed by atoms with Crippen molar-refractivity contribution in [1.29, 1.82) is 0 Å². The van der Waals surface area contributed by atoms with Crippen molar-refractivity contribution in [1.82, 2.24) is 5.16 Å². The number of hydrogen-bond acceptors (Lipinski definition) is 5. The maximum Gasteiger partial charge on any atom is 0.416 e. The summed E-state index contributed by atoms with van der Waals surface area (Å²) in [6, 6.07) is 5.03. The summed E-state index contributed by atoms with van der Waals surface area (Å²) in [5, 5.41) is 3.29. The van der Waals surface area contributed by atoms with Crippen LogP contribution in [0.15, 0.2) is 34.9 Å². The molecule has 2 N–H and O–H groups in total. The highest BCUT2D eigenvalue weighted by molar-refractivity contribution is 5.89. The van der Waals surface area contributed by atoms with E-state index in [1.165, 1.54) is 6.07 Å². The van der Waals surface area contributed by atoms with Gasteiger partial charge in [0.25, 0.3) is 0 Å². The van der Waals surface area contributed by atoms with Crippen molar-refractivity contribution in [2.45, 2.75) is 6.18 Å². The predicted octanol–water partition coefficient (Wildman–Crippen LogP) is 2.49. The molecule has 5 nitrogen and oxygen atoms in total. The lowest BCUT2D eigenvalue weighted by Gasteiger charge is -2.08. The maximum atomic E-state index is 12.4. The molecule has 0 fully saturated rings. The van der Waals surface area contributed by atoms with Crippen LogP contribution in [0.25, 0.3) is 0 Å². The Bertz CT molecular complexity index is 607. The molecule has 2 rings (SSSR count). The standard InChI is InChI=1S/C11H7F3N2O3/c12-11(13,14)6-2-1-3-7(4-6)18-10(17)8-5-9(15)19-16-8/h1-5H,15H2. The summed E-state index contributed by atoms with van der Waals surface area (Å²) < 4.78 is 46.5. The second-order valence-corrected chi connectivity index (χ2v) is 3.53. The van der Waals surface area contributed by atoms with E-state index in [0.29, 0.717) is 6.07 Å². The minimum atomic E-state index is -4.51. The Labute approximate surface area is 104 Å². The molecule has 8 heteroatoms. The Morgan fingerprint density at radius 1 is 1.32 bits per heavy atom. The monoisotopic (exact) mass is 272 g/mol. The highest BCUT2D eigenvalue weighted by atomic mass is 19.4. The van der Waals surface area contributed by atoms with Gasteiger partial charge in [0.15, 0.2) is 5.69 Å². The number of benzene rings is 1. The third-order valence-corrected chi connectivity index (χ3v) is 2.11. The zero-order valence-corrected chi connectivity index (χ0v) is 9.27. The van der Waals surface area contributed by atoms with E-state index in [-0.39, 0.29) is 17.3 Å². The highest BCUT2D eigenvalue weighted by Crippen LogP contribution is 2.31. The largest absolute Gasteiger partial charge is 0.422 e. The third kappa shape index (κ3) is 3.03. The van der Waals surface area contributed by atoms with Crippen molar-refractivity contribution in [3.05, 3.63) is 41.6 Å². The molecular formula is C11H7F3N2O3. The molecule has 100 valence electrons. The molecule has 1 aromatic carbocycles. The molecule has 0 saturated heterocycles. The van der Waals surface area contributed by atoms with E-state index in [0.717, 1.165) is 18.2 Å². The molecule has 1 aromatic heterocycles. The number of hydrogen-bond donors (Lipinski definition) is 1. The number of nitrogen functional groups attached to an aromatic ring is 1. The summed E-state index contributed by atoms with van der Waals surface area (Å²) in [6.45, 7) is 0. The molecule has 0 amide bonds. The molecule has 19 heavy (non-hydrogen) atoms. The van der Waals surface area contributed by atoms with E-state index in [1.807, 2.05) is 0 Å². The van der Waals surface area contributed by atoms with Crippen LogP contribution in [0.2, 0.25) is 0 Å². The van der Waals surface area contributed by atoms with Gasteiger partial charge in [0.1, 0.15) is 5.75 Å². The Balaban J connectivity index is 2.18. The number of carbonyl (C=O) groups is 1. The van der Waals surface area contributed by atoms with E-state index in [1.54, 1.807) is 0 Å². The predicted molar refractivity (Wildman–Crippen MR) is 57.3 cm³/mol. The topological polar surface area (TPSA) is 78.4 Å². The molecular weight excluding hydrogens is 265 g/mol. The van der Waals surface area contributed by atoms with Crippen molar-refractivity contribution >= 4 is 11.9 Å². The summed E-state index contributed by atoms with van der Waals surface area (Å²) in [7, 11) is 0. The summed E-state index contributed by atoms with van der Waals surface area (Å²) in [5.74, 6) is -1.31. The first kappa shape index (κ1) is 12.9. The molecule has 0 aliphatic rings. The van der Waals surface area contributed by atoms with E-state index in [9.17, 15) is 18.0 Å². The lowest BCUT2D eigenvalue weighted by Crippen LogP contribution is -2.10. The number of esters is 1. The Morgan fingerprint density at radius 3 is 2.63 bits per heavy atom. The molecule has 2 aromatic rings. The molecule has 0 aliphatic carbocycles. The molecule has 1 heterocycles. The van der Waals surface area contributed by atoms with Crippen molar-refractivity contribution < 1.29 is 27.2 Å². The van der Waals surface area contributed by atoms with E-state index in [2.05, 4.69) is 9.68 Å². The first-order valence-electron chi connectivity index (χ1n) is 4.98. The van der Waals surface area contributed by atoms with Crippen LogP contribution >= 0.6 is 0 Å². The van der Waals surface area contributed by atoms with Crippen molar-refractivity contribution in [3.63, 3.8) is 0 Å². The number of anilines is 1. The van der Waals surface area contributed by atoms with Crippen LogP contribution in [-0.2, 0) is 6.18 Å². The first-order valence-corrected chi connectivity index (χ1v) is 4.98. The quantitative estimate of drug-likeness (QED) is 0.671. The van der Waals surface area contributed by atoms with Crippen molar-refractivity contribution in [2.75, 3.05) is 5.73 Å². The molecule has 0 unspecified atom stereocenters. The minimum absolute atomic E-state index is 0.101. The molecule has 0 aliphatic heterocycles. The third-order valence-electron chi connectivity index (χ3n) is 2.11. The van der Waals surface area contributed by atoms with Gasteiger partial charge in [0.2, 0.25) is 5.88 Å². The lowest BCUT2D eigenvalue weighted by molar-refractivity contribution is -0.137. The number of rotatable bonds is 2. The maximum absolute atomic E-state index is 12.4. The summed E-state index contributed by atoms with van der Waals surface area (Å²) >= 11 is 0. The number of aromatic nitrogens is 1. The number of alkyl halides is 3. The second kappa shape index (κ2) is 4.63. The van der Waals surface area contributed by atoms with Crippen molar-refractivity contribution in [3.8, 4) is 5.75 Å². The zero-order valence-electron chi connectivity index (χ0n) is 9.27. The fraction of sp³-hybridized carbons (Fsp3) is 0.0909. The second-order valence-electron chi connectivity index (χ2n) is 3.53. The van der Waals surface area contributed by atoms with Crippen LogP contribution in [0.4, 0.5) is 19.1 Å². The van der Waals surface area contributed by atoms with Gasteiger partial charge in [0, 0.05) is 6.07 Å². The van der Waals surface area contributed by atoms with Crippen molar-refractivity contribution in [2.24, 2.45) is 0 Å². The fourth-order valence-electron chi connectivity index (χ4n) is 1.28. The Kier molecular flexibility index (Phi) is 3.16. The fourth-order valence-corrected chi connectivity index (χ4v) is 1.28. The Morgan fingerprint density at radius 2 is 2.05 bits per heavy atom. The zero-order chi connectivity index (χ0) is 14.0. The lowest BCUT2D eigenvalue weighted by atomic mass is 10.2. The number of halogens is 3. The number of nitrogens with two attached hydrogens (primary N) is 1. The summed E-state index contributed by atoms with van der Waals surface area (Å²) in [5.41, 5.74) is 4.06. The average Bonchev–Trinajstić information content (AvgIpc) is 2.75. The van der Waals surface area contributed by atoms with Gasteiger partial charge in [-0.05, 0) is 18.2 Å². The van der Waals surface area contributed by atoms with Gasteiger partial charge in [0.05, 0.1) is 5.56 Å². The van der Waals surface area contributed by atoms with E-state index < -0.39 is 17.7 Å². The molecule has 0 saturated carbocycles. The SMILES string of the molecule is Nc1cc(C(=O)Oc2cccc(C(F)(F)F)c2)no1. The van der Waals surface area contributed by atoms with Crippen LogP contribution in [-0.4, -0.2) is 11.1 Å². The van der Waals surface area contributed by atoms with E-state index in [4.69, 9.17) is 10.5 Å². The van der Waals surface area contributed by atoms with Gasteiger partial charge in [-0.25, -0.2) is 4.79 Å². The van der Waals surface area contributed by atoms with Crippen LogP contribution < -0.4 is 10.5 Å². The number of carbonyl (C=O) groups excluding carboxylic acids is 1. The van der Waals surface area contributed by atoms with Gasteiger partial charge in [-0.3, -0.25) is 0 Å². The number of nitrogens with zero attached hydrogens (tertiary/aromatic N) is 1. The smallest absolute Gasteiger partial charge is 0.416 e. The molecule has 0 bridgehead atoms. The van der Waals surface area contributed by atoms with Gasteiger partial charge < -0.3 is 15.0 Å². The highest BCUT2D eigenvalue weighted by Gasteiger charge is 2.30. The van der Waals surface area contributed by atoms with Crippen LogP contribution in [0, 0.1) is 0 Å². The van der Waals surface area contributed by atoms with Gasteiger partial charge in [-0.1, -0.05) is 11.2 Å². The van der Waals surface area contributed by atoms with E-state index >= 15 is 0 Å². The number of ether oxygens (including phenoxy) is 1. The molecule has 0 atom stereocenters. The van der Waals surface area contributed by atoms with Gasteiger partial charge in [-0.2, -0.15) is 13.2 Å². The molecule has 0 spiro atoms. The van der Waals surface area contributed by atoms with Gasteiger partial charge in [-0.15, -0.1) is 0 Å².